The molecule has 23 heavy (non-hydrogen) atoms. The Morgan fingerprint density at radius 1 is 1.13 bits per heavy atom. The topological polar surface area (TPSA) is 69.2 Å². The molecule has 3 unspecified atom stereocenters. The number of aliphatic hydroxyl groups is 1. The highest BCUT2D eigenvalue weighted by atomic mass is 16.3. The Hall–Kier alpha value is -1.88. The second-order valence-electron chi connectivity index (χ2n) is 6.83. The quantitative estimate of drug-likeness (QED) is 0.893. The first-order chi connectivity index (χ1) is 11.2. The Morgan fingerprint density at radius 3 is 2.83 bits per heavy atom. The van der Waals surface area contributed by atoms with Crippen LogP contribution in [-0.2, 0) is 0 Å². The molecule has 2 N–H and O–H groups in total. The van der Waals surface area contributed by atoms with Gasteiger partial charge in [0.2, 0.25) is 5.95 Å². The van der Waals surface area contributed by atoms with Gasteiger partial charge in [-0.15, -0.1) is 0 Å². The molecule has 0 spiro atoms. The van der Waals surface area contributed by atoms with E-state index >= 15 is 0 Å². The first-order valence-corrected chi connectivity index (χ1v) is 8.68. The highest BCUT2D eigenvalue weighted by Crippen LogP contribution is 2.36. The number of aromatic nitrogens is 2. The molecule has 0 bridgehead atoms. The third kappa shape index (κ3) is 2.63. The number of fused-ring (bicyclic) bond motifs is 1. The zero-order valence-corrected chi connectivity index (χ0v) is 13.2. The molecule has 1 aromatic carbocycles. The molecular formula is C18H23N3O2. The van der Waals surface area contributed by atoms with Crippen molar-refractivity contribution in [2.45, 2.75) is 50.7 Å². The van der Waals surface area contributed by atoms with Gasteiger partial charge in [-0.3, -0.25) is 9.78 Å². The average Bonchev–Trinajstić information content (AvgIpc) is 3.05. The van der Waals surface area contributed by atoms with Gasteiger partial charge in [-0.05, 0) is 37.8 Å². The summed E-state index contributed by atoms with van der Waals surface area (Å²) >= 11 is 0. The molecule has 122 valence electrons. The molecule has 5 nitrogen and oxygen atoms in total. The lowest BCUT2D eigenvalue weighted by Gasteiger charge is -2.37. The Kier molecular flexibility index (Phi) is 3.81. The summed E-state index contributed by atoms with van der Waals surface area (Å²) in [5.41, 5.74) is 0.654. The van der Waals surface area contributed by atoms with Gasteiger partial charge < -0.3 is 10.0 Å². The van der Waals surface area contributed by atoms with Crippen molar-refractivity contribution >= 4 is 16.9 Å². The van der Waals surface area contributed by atoms with Crippen LogP contribution >= 0.6 is 0 Å². The summed E-state index contributed by atoms with van der Waals surface area (Å²) in [5.74, 6) is 0.956. The smallest absolute Gasteiger partial charge is 0.260 e. The summed E-state index contributed by atoms with van der Waals surface area (Å²) in [4.78, 5) is 22.2. The lowest BCUT2D eigenvalue weighted by Crippen LogP contribution is -2.43. The number of aliphatic hydroxyl groups excluding tert-OH is 1. The van der Waals surface area contributed by atoms with Crippen LogP contribution in [0.5, 0.6) is 0 Å². The van der Waals surface area contributed by atoms with E-state index in [1.807, 2.05) is 18.2 Å². The van der Waals surface area contributed by atoms with Gasteiger partial charge in [-0.25, -0.2) is 4.98 Å². The highest BCUT2D eigenvalue weighted by molar-refractivity contribution is 5.78. The van der Waals surface area contributed by atoms with E-state index < -0.39 is 0 Å². The molecule has 4 rings (SSSR count). The largest absolute Gasteiger partial charge is 0.393 e. The van der Waals surface area contributed by atoms with Crippen LogP contribution in [0.3, 0.4) is 0 Å². The van der Waals surface area contributed by atoms with E-state index in [0.717, 1.165) is 44.2 Å². The molecule has 5 heteroatoms. The molecular weight excluding hydrogens is 290 g/mol. The maximum absolute atomic E-state index is 12.3. The number of nitrogens with zero attached hydrogens (tertiary/aromatic N) is 2. The van der Waals surface area contributed by atoms with Crippen LogP contribution in [0, 0.1) is 5.92 Å². The van der Waals surface area contributed by atoms with Gasteiger partial charge in [0.05, 0.1) is 17.0 Å². The van der Waals surface area contributed by atoms with E-state index in [2.05, 4.69) is 14.9 Å². The summed E-state index contributed by atoms with van der Waals surface area (Å²) in [6.45, 7) is 0.898. The lowest BCUT2D eigenvalue weighted by atomic mass is 9.80. The van der Waals surface area contributed by atoms with Gasteiger partial charge in [0.1, 0.15) is 0 Å². The van der Waals surface area contributed by atoms with E-state index in [1.165, 1.54) is 6.42 Å². The van der Waals surface area contributed by atoms with Crippen LogP contribution in [0.25, 0.3) is 10.9 Å². The number of hydrogen-bond acceptors (Lipinski definition) is 4. The van der Waals surface area contributed by atoms with Crippen molar-refractivity contribution in [3.63, 3.8) is 0 Å². The van der Waals surface area contributed by atoms with Crippen molar-refractivity contribution in [1.82, 2.24) is 9.97 Å². The van der Waals surface area contributed by atoms with E-state index in [-0.39, 0.29) is 17.7 Å². The maximum Gasteiger partial charge on any atom is 0.260 e. The number of hydrogen-bond donors (Lipinski definition) is 2. The highest BCUT2D eigenvalue weighted by Gasteiger charge is 2.37. The Labute approximate surface area is 135 Å². The van der Waals surface area contributed by atoms with Crippen LogP contribution in [0.2, 0.25) is 0 Å². The fraction of sp³-hybridized carbons (Fsp3) is 0.556. The second-order valence-corrected chi connectivity index (χ2v) is 6.83. The first-order valence-electron chi connectivity index (χ1n) is 8.68. The van der Waals surface area contributed by atoms with Crippen molar-refractivity contribution < 1.29 is 5.11 Å². The van der Waals surface area contributed by atoms with Gasteiger partial charge in [-0.2, -0.15) is 0 Å². The summed E-state index contributed by atoms with van der Waals surface area (Å²) in [6, 6.07) is 7.74. The number of aromatic amines is 1. The van der Waals surface area contributed by atoms with Crippen LogP contribution < -0.4 is 10.5 Å². The van der Waals surface area contributed by atoms with E-state index in [0.29, 0.717) is 17.3 Å². The molecule has 2 heterocycles. The molecule has 0 radical (unpaired) electrons. The van der Waals surface area contributed by atoms with E-state index in [4.69, 9.17) is 0 Å². The first kappa shape index (κ1) is 14.7. The number of anilines is 1. The Morgan fingerprint density at radius 2 is 1.96 bits per heavy atom. The van der Waals surface area contributed by atoms with E-state index in [9.17, 15) is 9.90 Å². The molecule has 2 aromatic rings. The maximum atomic E-state index is 12.3. The monoisotopic (exact) mass is 313 g/mol. The van der Waals surface area contributed by atoms with Crippen LogP contribution in [-0.4, -0.2) is 33.8 Å². The van der Waals surface area contributed by atoms with Crippen molar-refractivity contribution in [1.29, 1.82) is 0 Å². The zero-order valence-electron chi connectivity index (χ0n) is 13.2. The van der Waals surface area contributed by atoms with Gasteiger partial charge >= 0.3 is 0 Å². The number of H-pyrrole nitrogens is 1. The van der Waals surface area contributed by atoms with Crippen LogP contribution in [0.15, 0.2) is 29.1 Å². The fourth-order valence-corrected chi connectivity index (χ4v) is 4.30. The summed E-state index contributed by atoms with van der Waals surface area (Å²) in [5, 5.41) is 11.0. The summed E-state index contributed by atoms with van der Waals surface area (Å²) < 4.78 is 0. The zero-order chi connectivity index (χ0) is 15.8. The molecule has 2 aliphatic rings. The molecule has 1 aliphatic carbocycles. The van der Waals surface area contributed by atoms with Crippen LogP contribution in [0.1, 0.15) is 38.5 Å². The third-order valence-corrected chi connectivity index (χ3v) is 5.45. The molecule has 1 aromatic heterocycles. The van der Waals surface area contributed by atoms with E-state index in [1.54, 1.807) is 6.07 Å². The van der Waals surface area contributed by atoms with Crippen molar-refractivity contribution in [3.05, 3.63) is 34.6 Å². The normalized spacial score (nSPS) is 28.4. The second kappa shape index (κ2) is 5.96. The molecule has 1 saturated carbocycles. The SMILES string of the molecule is O=c1[nH]c(N2CCCC2C2CCCCC2O)nc2ccccc12. The number of benzene rings is 1. The Balaban J connectivity index is 1.70. The minimum Gasteiger partial charge on any atom is -0.393 e. The standard InChI is InChI=1S/C18H23N3O2/c22-16-10-4-2-7-13(16)15-9-5-11-21(15)18-19-14-8-3-1-6-12(14)17(23)20-18/h1,3,6,8,13,15-16,22H,2,4-5,7,9-11H2,(H,19,20,23). The lowest BCUT2D eigenvalue weighted by molar-refractivity contribution is 0.0564. The summed E-state index contributed by atoms with van der Waals surface area (Å²) in [6.07, 6.45) is 6.21. The van der Waals surface area contributed by atoms with Crippen molar-refractivity contribution in [3.8, 4) is 0 Å². The average molecular weight is 313 g/mol. The predicted molar refractivity (Wildman–Crippen MR) is 90.7 cm³/mol. The minimum absolute atomic E-state index is 0.0829. The van der Waals surface area contributed by atoms with Gasteiger partial charge in [-0.1, -0.05) is 25.0 Å². The van der Waals surface area contributed by atoms with Crippen molar-refractivity contribution in [2.24, 2.45) is 5.92 Å². The van der Waals surface area contributed by atoms with Gasteiger partial charge in [0, 0.05) is 18.5 Å². The molecule has 1 saturated heterocycles. The number of nitrogens with one attached hydrogen (secondary N) is 1. The molecule has 0 amide bonds. The fourth-order valence-electron chi connectivity index (χ4n) is 4.30. The minimum atomic E-state index is -0.221. The van der Waals surface area contributed by atoms with Crippen molar-refractivity contribution in [2.75, 3.05) is 11.4 Å². The van der Waals surface area contributed by atoms with Crippen LogP contribution in [0.4, 0.5) is 5.95 Å². The number of para-hydroxylation sites is 1. The Bertz CT molecular complexity index is 757. The van der Waals surface area contributed by atoms with Gasteiger partial charge in [0.25, 0.3) is 5.56 Å². The molecule has 3 atom stereocenters. The molecule has 2 fully saturated rings. The third-order valence-electron chi connectivity index (χ3n) is 5.45. The van der Waals surface area contributed by atoms with Gasteiger partial charge in [0.15, 0.2) is 0 Å². The molecule has 1 aliphatic heterocycles. The predicted octanol–water partition coefficient (Wildman–Crippen LogP) is 2.44. The summed E-state index contributed by atoms with van der Waals surface area (Å²) in [7, 11) is 0. The number of rotatable bonds is 2.